The standard InChI is InChI=1S/C19H21ClF2N2O2/c1-2-6-15-16(24-18(25)23-14-7-4-3-5-8-14)11-19(12-21,13-22)26-17(15)9-10-20/h2-10,16H,11-13H2,1H3,(H2,23,24,25)/b6-2-,10-9+. The maximum Gasteiger partial charge on any atom is 0.319 e. The predicted octanol–water partition coefficient (Wildman–Crippen LogP) is 4.86. The summed E-state index contributed by atoms with van der Waals surface area (Å²) in [5.41, 5.74) is 0.746. The molecule has 1 aromatic carbocycles. The molecule has 0 aromatic heterocycles. The Bertz CT molecular complexity index is 701. The molecule has 0 bridgehead atoms. The van der Waals surface area contributed by atoms with Gasteiger partial charge in [0.05, 0.1) is 6.04 Å². The summed E-state index contributed by atoms with van der Waals surface area (Å²) < 4.78 is 32.6. The number of nitrogens with one attached hydrogen (secondary N) is 2. The number of alkyl halides is 2. The number of ether oxygens (including phenoxy) is 1. The highest BCUT2D eigenvalue weighted by molar-refractivity contribution is 6.25. The highest BCUT2D eigenvalue weighted by Crippen LogP contribution is 2.34. The average Bonchev–Trinajstić information content (AvgIpc) is 2.65. The van der Waals surface area contributed by atoms with Crippen LogP contribution < -0.4 is 10.6 Å². The highest BCUT2D eigenvalue weighted by Gasteiger charge is 2.42. The zero-order valence-corrected chi connectivity index (χ0v) is 15.1. The predicted molar refractivity (Wildman–Crippen MR) is 99.6 cm³/mol. The second kappa shape index (κ2) is 9.38. The molecule has 0 saturated heterocycles. The molecule has 0 radical (unpaired) electrons. The fourth-order valence-electron chi connectivity index (χ4n) is 2.73. The molecular weight excluding hydrogens is 362 g/mol. The van der Waals surface area contributed by atoms with Crippen LogP contribution in [0.25, 0.3) is 0 Å². The summed E-state index contributed by atoms with van der Waals surface area (Å²) >= 11 is 5.63. The second-order valence-corrected chi connectivity index (χ2v) is 6.14. The number of halogens is 3. The minimum absolute atomic E-state index is 0.0402. The van der Waals surface area contributed by atoms with Crippen molar-refractivity contribution in [2.24, 2.45) is 0 Å². The number of amides is 2. The van der Waals surface area contributed by atoms with Gasteiger partial charge in [-0.25, -0.2) is 13.6 Å². The molecule has 7 heteroatoms. The number of hydrogen-bond acceptors (Lipinski definition) is 2. The second-order valence-electron chi connectivity index (χ2n) is 5.89. The summed E-state index contributed by atoms with van der Waals surface area (Å²) in [6, 6.07) is 7.76. The molecule has 2 amide bonds. The number of carbonyl (C=O) groups is 1. The first kappa shape index (κ1) is 20.0. The van der Waals surface area contributed by atoms with Crippen molar-refractivity contribution in [2.45, 2.75) is 25.0 Å². The number of benzene rings is 1. The molecule has 26 heavy (non-hydrogen) atoms. The molecule has 0 aliphatic carbocycles. The van der Waals surface area contributed by atoms with Crippen LogP contribution in [-0.4, -0.2) is 31.0 Å². The van der Waals surface area contributed by atoms with E-state index in [1.807, 2.05) is 6.07 Å². The molecule has 1 aliphatic heterocycles. The van der Waals surface area contributed by atoms with Crippen molar-refractivity contribution in [3.63, 3.8) is 0 Å². The van der Waals surface area contributed by atoms with Crippen molar-refractivity contribution in [2.75, 3.05) is 18.7 Å². The number of anilines is 1. The molecule has 0 saturated carbocycles. The highest BCUT2D eigenvalue weighted by atomic mass is 35.5. The molecule has 0 spiro atoms. The smallest absolute Gasteiger partial charge is 0.319 e. The van der Waals surface area contributed by atoms with Gasteiger partial charge in [0.2, 0.25) is 0 Å². The maximum atomic E-state index is 13.5. The van der Waals surface area contributed by atoms with Gasteiger partial charge in [-0.2, -0.15) is 0 Å². The van der Waals surface area contributed by atoms with Crippen LogP contribution in [0.5, 0.6) is 0 Å². The lowest BCUT2D eigenvalue weighted by atomic mass is 9.88. The summed E-state index contributed by atoms with van der Waals surface area (Å²) in [6.07, 6.45) is 4.85. The van der Waals surface area contributed by atoms with Crippen LogP contribution in [0.3, 0.4) is 0 Å². The van der Waals surface area contributed by atoms with E-state index in [-0.39, 0.29) is 12.2 Å². The van der Waals surface area contributed by atoms with Gasteiger partial charge in [0.1, 0.15) is 19.1 Å². The fourth-order valence-corrected chi connectivity index (χ4v) is 2.84. The van der Waals surface area contributed by atoms with Crippen LogP contribution in [0.2, 0.25) is 0 Å². The maximum absolute atomic E-state index is 13.5. The summed E-state index contributed by atoms with van der Waals surface area (Å²) in [4.78, 5) is 12.3. The largest absolute Gasteiger partial charge is 0.481 e. The Hall–Kier alpha value is -2.34. The van der Waals surface area contributed by atoms with E-state index in [0.717, 1.165) is 0 Å². The van der Waals surface area contributed by atoms with Crippen molar-refractivity contribution >= 4 is 23.3 Å². The third kappa shape index (κ3) is 4.85. The van der Waals surface area contributed by atoms with Crippen LogP contribution in [-0.2, 0) is 4.74 Å². The Morgan fingerprint density at radius 3 is 2.58 bits per heavy atom. The minimum Gasteiger partial charge on any atom is -0.481 e. The van der Waals surface area contributed by atoms with E-state index < -0.39 is 31.0 Å². The average molecular weight is 383 g/mol. The summed E-state index contributed by atoms with van der Waals surface area (Å²) in [5, 5.41) is 5.46. The number of allylic oxidation sites excluding steroid dienone is 2. The van der Waals surface area contributed by atoms with Gasteiger partial charge in [-0.3, -0.25) is 0 Å². The van der Waals surface area contributed by atoms with Crippen LogP contribution in [0, 0.1) is 0 Å². The van der Waals surface area contributed by atoms with Crippen molar-refractivity contribution < 1.29 is 18.3 Å². The first-order chi connectivity index (χ1) is 12.6. The van der Waals surface area contributed by atoms with Crippen molar-refractivity contribution in [1.82, 2.24) is 5.32 Å². The quantitative estimate of drug-likeness (QED) is 0.738. The van der Waals surface area contributed by atoms with Gasteiger partial charge < -0.3 is 15.4 Å². The van der Waals surface area contributed by atoms with E-state index in [1.165, 1.54) is 11.6 Å². The van der Waals surface area contributed by atoms with Gasteiger partial charge in [0, 0.05) is 23.2 Å². The first-order valence-electron chi connectivity index (χ1n) is 8.14. The molecule has 2 N–H and O–H groups in total. The van der Waals surface area contributed by atoms with Crippen molar-refractivity contribution in [1.29, 1.82) is 0 Å². The number of hydrogen-bond donors (Lipinski definition) is 2. The molecule has 1 unspecified atom stereocenters. The topological polar surface area (TPSA) is 50.4 Å². The van der Waals surface area contributed by atoms with E-state index in [0.29, 0.717) is 11.3 Å². The minimum atomic E-state index is -1.65. The lowest BCUT2D eigenvalue weighted by Crippen LogP contribution is -2.51. The molecule has 1 heterocycles. The monoisotopic (exact) mass is 382 g/mol. The van der Waals surface area contributed by atoms with Crippen LogP contribution in [0.1, 0.15) is 13.3 Å². The Morgan fingerprint density at radius 2 is 2.00 bits per heavy atom. The van der Waals surface area contributed by atoms with E-state index in [1.54, 1.807) is 43.3 Å². The van der Waals surface area contributed by atoms with E-state index in [2.05, 4.69) is 10.6 Å². The zero-order chi connectivity index (χ0) is 19.0. The molecule has 0 fully saturated rings. The van der Waals surface area contributed by atoms with E-state index in [9.17, 15) is 13.6 Å². The molecule has 1 atom stereocenters. The lowest BCUT2D eigenvalue weighted by molar-refractivity contribution is -0.0530. The van der Waals surface area contributed by atoms with Gasteiger partial charge in [0.25, 0.3) is 0 Å². The zero-order valence-electron chi connectivity index (χ0n) is 14.3. The van der Waals surface area contributed by atoms with Crippen LogP contribution >= 0.6 is 11.6 Å². The number of carbonyl (C=O) groups excluding carboxylic acids is 1. The Morgan fingerprint density at radius 1 is 1.31 bits per heavy atom. The number of rotatable bonds is 6. The molecular formula is C19H21ClF2N2O2. The van der Waals surface area contributed by atoms with Gasteiger partial charge in [-0.15, -0.1) is 0 Å². The molecule has 4 nitrogen and oxygen atoms in total. The fraction of sp³-hybridized carbons (Fsp3) is 0.316. The van der Waals surface area contributed by atoms with Crippen LogP contribution in [0.4, 0.5) is 19.3 Å². The van der Waals surface area contributed by atoms with E-state index >= 15 is 0 Å². The van der Waals surface area contributed by atoms with Crippen LogP contribution in [0.15, 0.2) is 65.4 Å². The Balaban J connectivity index is 2.29. The molecule has 1 aliphatic rings. The first-order valence-corrected chi connectivity index (χ1v) is 8.58. The Labute approximate surface area is 156 Å². The molecule has 1 aromatic rings. The Kier molecular flexibility index (Phi) is 7.21. The van der Waals surface area contributed by atoms with Gasteiger partial charge in [0.15, 0.2) is 5.60 Å². The third-order valence-electron chi connectivity index (χ3n) is 3.95. The van der Waals surface area contributed by atoms with Gasteiger partial charge in [-0.1, -0.05) is 42.0 Å². The summed E-state index contributed by atoms with van der Waals surface area (Å²) in [5.74, 6) is 0.227. The SMILES string of the molecule is C/C=C\C1=C(/C=C/Cl)OC(CF)(CF)CC1NC(=O)Nc1ccccc1. The van der Waals surface area contributed by atoms with E-state index in [4.69, 9.17) is 16.3 Å². The van der Waals surface area contributed by atoms with Crippen molar-refractivity contribution in [3.05, 3.63) is 65.4 Å². The van der Waals surface area contributed by atoms with Gasteiger partial charge in [-0.05, 0) is 25.1 Å². The third-order valence-corrected chi connectivity index (χ3v) is 4.07. The normalized spacial score (nSPS) is 19.6. The number of urea groups is 1. The molecule has 140 valence electrons. The van der Waals surface area contributed by atoms with Crippen molar-refractivity contribution in [3.8, 4) is 0 Å². The molecule has 2 rings (SSSR count). The van der Waals surface area contributed by atoms with Gasteiger partial charge >= 0.3 is 6.03 Å². The summed E-state index contributed by atoms with van der Waals surface area (Å²) in [6.45, 7) is -0.252. The number of para-hydroxylation sites is 1. The lowest BCUT2D eigenvalue weighted by Gasteiger charge is -2.39. The summed E-state index contributed by atoms with van der Waals surface area (Å²) in [7, 11) is 0.